The topological polar surface area (TPSA) is 97.6 Å². The highest BCUT2D eigenvalue weighted by Crippen LogP contribution is 2.31. The third kappa shape index (κ3) is 7.48. The maximum atomic E-state index is 13.3. The number of halogens is 1. The van der Waals surface area contributed by atoms with E-state index in [0.29, 0.717) is 16.7 Å². The first kappa shape index (κ1) is 28.3. The molecule has 5 rings (SSSR count). The van der Waals surface area contributed by atoms with Crippen molar-refractivity contribution in [3.8, 4) is 11.5 Å². The first-order valence-corrected chi connectivity index (χ1v) is 14.0. The van der Waals surface area contributed by atoms with E-state index in [9.17, 15) is 14.9 Å². The van der Waals surface area contributed by atoms with Crippen LogP contribution in [0.5, 0.6) is 11.5 Å². The minimum atomic E-state index is -0.530. The summed E-state index contributed by atoms with van der Waals surface area (Å²) < 4.78 is 5.84. The molecule has 0 bridgehead atoms. The van der Waals surface area contributed by atoms with E-state index in [1.807, 2.05) is 12.1 Å². The number of benzene rings is 3. The molecule has 1 N–H and O–H groups in total. The molecule has 210 valence electrons. The fourth-order valence-corrected chi connectivity index (χ4v) is 5.41. The Bertz CT molecular complexity index is 1440. The standard InChI is InChI=1S/C32H31ClN4O4/c33-25-19-28(22-34-21-25)41-31-12-11-27(37(39)40)20-30(31)32(38)35-26-13-16-36(17-14-26)18-15-29(23-7-3-1-4-8-23)24-9-5-2-6-10-24/h1-12,19-22,26,29H,13-18H2,(H,35,38). The molecule has 4 aromatic rings. The molecule has 9 heteroatoms. The van der Waals surface area contributed by atoms with Gasteiger partial charge >= 0.3 is 0 Å². The second-order valence-corrected chi connectivity index (χ2v) is 10.6. The van der Waals surface area contributed by atoms with Gasteiger partial charge in [-0.15, -0.1) is 0 Å². The van der Waals surface area contributed by atoms with Crippen molar-refractivity contribution >= 4 is 23.2 Å². The molecule has 1 aliphatic heterocycles. The number of pyridine rings is 1. The van der Waals surface area contributed by atoms with Crippen molar-refractivity contribution in [2.24, 2.45) is 0 Å². The largest absolute Gasteiger partial charge is 0.455 e. The Labute approximate surface area is 244 Å². The Kier molecular flexibility index (Phi) is 9.23. The summed E-state index contributed by atoms with van der Waals surface area (Å²) in [5.74, 6) is 0.433. The lowest BCUT2D eigenvalue weighted by Gasteiger charge is -2.33. The number of nitrogens with one attached hydrogen (secondary N) is 1. The summed E-state index contributed by atoms with van der Waals surface area (Å²) in [6, 6.07) is 26.7. The number of nitrogens with zero attached hydrogens (tertiary/aromatic N) is 3. The van der Waals surface area contributed by atoms with Crippen molar-refractivity contribution < 1.29 is 14.5 Å². The van der Waals surface area contributed by atoms with E-state index in [4.69, 9.17) is 16.3 Å². The van der Waals surface area contributed by atoms with Crippen LogP contribution in [0.3, 0.4) is 0 Å². The molecule has 1 saturated heterocycles. The SMILES string of the molecule is O=C(NC1CCN(CCC(c2ccccc2)c2ccccc2)CC1)c1cc([N+](=O)[O-])ccc1Oc1cncc(Cl)c1. The van der Waals surface area contributed by atoms with Crippen LogP contribution in [0.2, 0.25) is 5.02 Å². The fourth-order valence-electron chi connectivity index (χ4n) is 5.25. The summed E-state index contributed by atoms with van der Waals surface area (Å²) >= 11 is 6.01. The third-order valence-corrected chi connectivity index (χ3v) is 7.59. The Morgan fingerprint density at radius 3 is 2.27 bits per heavy atom. The highest BCUT2D eigenvalue weighted by Gasteiger charge is 2.25. The highest BCUT2D eigenvalue weighted by atomic mass is 35.5. The molecular weight excluding hydrogens is 540 g/mol. The number of aromatic nitrogens is 1. The van der Waals surface area contributed by atoms with Gasteiger partial charge in [0.2, 0.25) is 0 Å². The molecule has 1 aliphatic rings. The molecule has 1 amide bonds. The lowest BCUT2D eigenvalue weighted by molar-refractivity contribution is -0.384. The van der Waals surface area contributed by atoms with Crippen molar-refractivity contribution in [2.75, 3.05) is 19.6 Å². The van der Waals surface area contributed by atoms with Crippen LogP contribution < -0.4 is 10.1 Å². The summed E-state index contributed by atoms with van der Waals surface area (Å²) in [6.45, 7) is 2.66. The van der Waals surface area contributed by atoms with Crippen molar-refractivity contribution in [3.05, 3.63) is 129 Å². The quantitative estimate of drug-likeness (QED) is 0.165. The van der Waals surface area contributed by atoms with Crippen LogP contribution in [-0.4, -0.2) is 46.4 Å². The van der Waals surface area contributed by atoms with E-state index in [1.54, 1.807) is 6.07 Å². The number of nitro benzene ring substituents is 1. The van der Waals surface area contributed by atoms with Gasteiger partial charge in [0.15, 0.2) is 0 Å². The first-order valence-electron chi connectivity index (χ1n) is 13.7. The van der Waals surface area contributed by atoms with Crippen LogP contribution in [0.15, 0.2) is 97.3 Å². The Balaban J connectivity index is 1.20. The average Bonchev–Trinajstić information content (AvgIpc) is 2.99. The predicted octanol–water partition coefficient (Wildman–Crippen LogP) is 6.85. The second kappa shape index (κ2) is 13.4. The Hall–Kier alpha value is -4.27. The number of carbonyl (C=O) groups excluding carboxylic acids is 1. The van der Waals surface area contributed by atoms with Gasteiger partial charge in [0.05, 0.1) is 21.7 Å². The number of likely N-dealkylation sites (tertiary alicyclic amines) is 1. The molecule has 3 aromatic carbocycles. The number of non-ortho nitro benzene ring substituents is 1. The van der Waals surface area contributed by atoms with Crippen LogP contribution in [0.25, 0.3) is 0 Å². The first-order chi connectivity index (χ1) is 20.0. The van der Waals surface area contributed by atoms with E-state index >= 15 is 0 Å². The maximum absolute atomic E-state index is 13.3. The van der Waals surface area contributed by atoms with Gasteiger partial charge < -0.3 is 15.0 Å². The summed E-state index contributed by atoms with van der Waals surface area (Å²) in [7, 11) is 0. The number of hydrogen-bond acceptors (Lipinski definition) is 6. The number of piperidine rings is 1. The molecule has 0 radical (unpaired) electrons. The van der Waals surface area contributed by atoms with E-state index in [2.05, 4.69) is 63.7 Å². The number of carbonyl (C=O) groups is 1. The van der Waals surface area contributed by atoms with Crippen molar-refractivity contribution in [2.45, 2.75) is 31.2 Å². The molecule has 0 aliphatic carbocycles. The summed E-state index contributed by atoms with van der Waals surface area (Å²) in [5, 5.41) is 14.8. The Morgan fingerprint density at radius 2 is 1.66 bits per heavy atom. The molecule has 1 aromatic heterocycles. The van der Waals surface area contributed by atoms with Gasteiger partial charge in [-0.1, -0.05) is 72.3 Å². The number of rotatable bonds is 10. The maximum Gasteiger partial charge on any atom is 0.270 e. The minimum absolute atomic E-state index is 0.0438. The van der Waals surface area contributed by atoms with Gasteiger partial charge in [0.1, 0.15) is 11.5 Å². The predicted molar refractivity (Wildman–Crippen MR) is 159 cm³/mol. The fraction of sp³-hybridized carbons (Fsp3) is 0.250. The normalized spacial score (nSPS) is 14.1. The molecule has 41 heavy (non-hydrogen) atoms. The van der Waals surface area contributed by atoms with Crippen LogP contribution in [-0.2, 0) is 0 Å². The van der Waals surface area contributed by atoms with Crippen LogP contribution in [0, 0.1) is 10.1 Å². The summed E-state index contributed by atoms with van der Waals surface area (Å²) in [6.07, 6.45) is 5.50. The van der Waals surface area contributed by atoms with Crippen LogP contribution in [0.4, 0.5) is 5.69 Å². The van der Waals surface area contributed by atoms with Gasteiger partial charge in [-0.05, 0) is 43.0 Å². The van der Waals surface area contributed by atoms with Crippen molar-refractivity contribution in [1.29, 1.82) is 0 Å². The number of ether oxygens (including phenoxy) is 1. The lowest BCUT2D eigenvalue weighted by Crippen LogP contribution is -2.45. The average molecular weight is 571 g/mol. The number of hydrogen-bond donors (Lipinski definition) is 1. The molecule has 8 nitrogen and oxygen atoms in total. The van der Waals surface area contributed by atoms with Crippen molar-refractivity contribution in [1.82, 2.24) is 15.2 Å². The van der Waals surface area contributed by atoms with E-state index in [-0.39, 0.29) is 23.0 Å². The molecule has 0 atom stereocenters. The van der Waals surface area contributed by atoms with Gasteiger partial charge in [-0.25, -0.2) is 0 Å². The highest BCUT2D eigenvalue weighted by molar-refractivity contribution is 6.30. The van der Waals surface area contributed by atoms with Gasteiger partial charge in [0.25, 0.3) is 11.6 Å². The summed E-state index contributed by atoms with van der Waals surface area (Å²) in [5.41, 5.74) is 2.52. The van der Waals surface area contributed by atoms with Gasteiger partial charge in [-0.2, -0.15) is 0 Å². The zero-order valence-electron chi connectivity index (χ0n) is 22.5. The van der Waals surface area contributed by atoms with E-state index < -0.39 is 10.8 Å². The third-order valence-electron chi connectivity index (χ3n) is 7.39. The van der Waals surface area contributed by atoms with E-state index in [0.717, 1.165) is 38.9 Å². The molecule has 0 spiro atoms. The van der Waals surface area contributed by atoms with E-state index in [1.165, 1.54) is 41.7 Å². The summed E-state index contributed by atoms with van der Waals surface area (Å²) in [4.78, 5) is 30.6. The number of amides is 1. The zero-order valence-corrected chi connectivity index (χ0v) is 23.2. The zero-order chi connectivity index (χ0) is 28.6. The monoisotopic (exact) mass is 570 g/mol. The van der Waals surface area contributed by atoms with Gasteiger partial charge in [-0.3, -0.25) is 19.9 Å². The lowest BCUT2D eigenvalue weighted by atomic mass is 9.88. The Morgan fingerprint density at radius 1 is 1.00 bits per heavy atom. The molecule has 1 fully saturated rings. The van der Waals surface area contributed by atoms with Crippen molar-refractivity contribution in [3.63, 3.8) is 0 Å². The molecular formula is C32H31ClN4O4. The second-order valence-electron chi connectivity index (χ2n) is 10.1. The number of nitro groups is 1. The smallest absolute Gasteiger partial charge is 0.270 e. The molecule has 2 heterocycles. The molecule has 0 saturated carbocycles. The minimum Gasteiger partial charge on any atom is -0.455 e. The van der Waals surface area contributed by atoms with Crippen LogP contribution in [0.1, 0.15) is 46.7 Å². The van der Waals surface area contributed by atoms with Gasteiger partial charge in [0, 0.05) is 49.4 Å². The molecule has 0 unspecified atom stereocenters. The van der Waals surface area contributed by atoms with Crippen LogP contribution >= 0.6 is 11.6 Å².